The lowest BCUT2D eigenvalue weighted by Gasteiger charge is -2.28. The second-order valence-corrected chi connectivity index (χ2v) is 6.99. The Labute approximate surface area is 161 Å². The van der Waals surface area contributed by atoms with E-state index in [2.05, 4.69) is 10.3 Å². The fourth-order valence-corrected chi connectivity index (χ4v) is 2.55. The predicted octanol–water partition coefficient (Wildman–Crippen LogP) is 3.77. The molecular weight excluding hydrogens is 371 g/mol. The number of hydrogen-bond donors (Lipinski definition) is 1. The van der Waals surface area contributed by atoms with Crippen molar-refractivity contribution in [3.05, 3.63) is 59.9 Å². The van der Waals surface area contributed by atoms with Crippen molar-refractivity contribution in [3.63, 3.8) is 0 Å². The van der Waals surface area contributed by atoms with E-state index in [9.17, 15) is 22.8 Å². The molecule has 0 fully saturated rings. The summed E-state index contributed by atoms with van der Waals surface area (Å²) in [6.07, 6.45) is -0.506. The maximum absolute atomic E-state index is 12.7. The number of benzene rings is 1. The van der Waals surface area contributed by atoms with Crippen molar-refractivity contribution >= 4 is 17.5 Å². The van der Waals surface area contributed by atoms with Crippen LogP contribution in [0.2, 0.25) is 0 Å². The van der Waals surface area contributed by atoms with Crippen LogP contribution in [0.1, 0.15) is 25.0 Å². The minimum atomic E-state index is -4.45. The summed E-state index contributed by atoms with van der Waals surface area (Å²) in [4.78, 5) is 30.7. The summed E-state index contributed by atoms with van der Waals surface area (Å²) in [6, 6.07) is 7.78. The molecule has 8 heteroatoms. The number of likely N-dealkylation sites (N-methyl/N-ethyl adjacent to an activating group) is 1. The van der Waals surface area contributed by atoms with Gasteiger partial charge in [-0.1, -0.05) is 0 Å². The Morgan fingerprint density at radius 2 is 1.61 bits per heavy atom. The monoisotopic (exact) mass is 393 g/mol. The van der Waals surface area contributed by atoms with Crippen LogP contribution in [0.4, 0.5) is 18.9 Å². The van der Waals surface area contributed by atoms with E-state index in [-0.39, 0.29) is 11.6 Å². The Balaban J connectivity index is 1.99. The van der Waals surface area contributed by atoms with Crippen LogP contribution in [-0.2, 0) is 22.2 Å². The zero-order chi connectivity index (χ0) is 20.9. The van der Waals surface area contributed by atoms with Crippen molar-refractivity contribution in [1.29, 1.82) is 0 Å². The minimum absolute atomic E-state index is 0.193. The van der Waals surface area contributed by atoms with Gasteiger partial charge in [0.15, 0.2) is 0 Å². The highest BCUT2D eigenvalue weighted by Crippen LogP contribution is 2.30. The first-order valence-electron chi connectivity index (χ1n) is 8.65. The fraction of sp³-hybridized carbons (Fsp3) is 0.350. The third-order valence-corrected chi connectivity index (χ3v) is 4.40. The molecule has 0 aliphatic heterocycles. The zero-order valence-corrected chi connectivity index (χ0v) is 15.9. The normalized spacial score (nSPS) is 11.8. The number of anilines is 1. The topological polar surface area (TPSA) is 62.3 Å². The van der Waals surface area contributed by atoms with Crippen LogP contribution >= 0.6 is 0 Å². The number of halogens is 3. The molecule has 0 saturated carbocycles. The van der Waals surface area contributed by atoms with E-state index < -0.39 is 23.1 Å². The quantitative estimate of drug-likeness (QED) is 0.760. The number of carbonyl (C=O) groups excluding carboxylic acids is 2. The number of amides is 2. The van der Waals surface area contributed by atoms with Crippen LogP contribution < -0.4 is 5.32 Å². The molecule has 1 heterocycles. The van der Waals surface area contributed by atoms with Crippen LogP contribution in [-0.4, -0.2) is 35.3 Å². The van der Waals surface area contributed by atoms with E-state index in [1.807, 2.05) is 12.1 Å². The predicted molar refractivity (Wildman–Crippen MR) is 99.4 cm³/mol. The van der Waals surface area contributed by atoms with Gasteiger partial charge >= 0.3 is 6.18 Å². The van der Waals surface area contributed by atoms with Crippen molar-refractivity contribution in [2.24, 2.45) is 5.41 Å². The third-order valence-electron chi connectivity index (χ3n) is 4.40. The van der Waals surface area contributed by atoms with Gasteiger partial charge in [-0.05, 0) is 62.2 Å². The number of hydrogen-bond acceptors (Lipinski definition) is 3. The Morgan fingerprint density at radius 1 is 1.04 bits per heavy atom. The number of rotatable bonds is 6. The summed E-state index contributed by atoms with van der Waals surface area (Å²) >= 11 is 0. The molecule has 1 aromatic carbocycles. The zero-order valence-electron chi connectivity index (χ0n) is 15.9. The van der Waals surface area contributed by atoms with Gasteiger partial charge in [0.1, 0.15) is 5.41 Å². The first kappa shape index (κ1) is 21.4. The van der Waals surface area contributed by atoms with Crippen LogP contribution in [0.25, 0.3) is 0 Å². The number of pyridine rings is 1. The molecule has 1 N–H and O–H groups in total. The van der Waals surface area contributed by atoms with Gasteiger partial charge in [0.2, 0.25) is 11.8 Å². The van der Waals surface area contributed by atoms with Gasteiger partial charge in [0, 0.05) is 31.7 Å². The van der Waals surface area contributed by atoms with Crippen molar-refractivity contribution < 1.29 is 22.8 Å². The molecule has 1 aromatic heterocycles. The molecule has 2 amide bonds. The van der Waals surface area contributed by atoms with Crippen molar-refractivity contribution in [3.8, 4) is 0 Å². The molecule has 0 bridgehead atoms. The number of nitrogens with one attached hydrogen (secondary N) is 1. The van der Waals surface area contributed by atoms with E-state index in [1.165, 1.54) is 18.7 Å². The van der Waals surface area contributed by atoms with Gasteiger partial charge in [0.25, 0.3) is 0 Å². The van der Waals surface area contributed by atoms with Crippen molar-refractivity contribution in [1.82, 2.24) is 9.88 Å². The van der Waals surface area contributed by atoms with Crippen molar-refractivity contribution in [2.45, 2.75) is 26.4 Å². The first-order chi connectivity index (χ1) is 13.0. The summed E-state index contributed by atoms with van der Waals surface area (Å²) in [7, 11) is 1.61. The molecule has 5 nitrogen and oxygen atoms in total. The highest BCUT2D eigenvalue weighted by atomic mass is 19.4. The minimum Gasteiger partial charge on any atom is -0.345 e. The van der Waals surface area contributed by atoms with E-state index in [0.29, 0.717) is 13.0 Å². The molecule has 28 heavy (non-hydrogen) atoms. The average molecular weight is 393 g/mol. The van der Waals surface area contributed by atoms with Crippen LogP contribution in [0, 0.1) is 5.41 Å². The number of aromatic nitrogens is 1. The SMILES string of the molecule is CN(CCc1ccncc1)C(=O)C(C)(C)C(=O)Nc1ccc(C(F)(F)F)cc1. The molecule has 0 aliphatic carbocycles. The highest BCUT2D eigenvalue weighted by molar-refractivity contribution is 6.09. The molecular formula is C20H22F3N3O2. The maximum Gasteiger partial charge on any atom is 0.416 e. The number of nitrogens with zero attached hydrogens (tertiary/aromatic N) is 2. The summed E-state index contributed by atoms with van der Waals surface area (Å²) in [5.74, 6) is -0.973. The van der Waals surface area contributed by atoms with Gasteiger partial charge in [0.05, 0.1) is 5.56 Å². The van der Waals surface area contributed by atoms with Gasteiger partial charge in [-0.15, -0.1) is 0 Å². The Morgan fingerprint density at radius 3 is 2.14 bits per heavy atom. The Bertz CT molecular complexity index is 819. The molecule has 0 radical (unpaired) electrons. The Kier molecular flexibility index (Phi) is 6.43. The maximum atomic E-state index is 12.7. The lowest BCUT2D eigenvalue weighted by atomic mass is 9.90. The van der Waals surface area contributed by atoms with Crippen LogP contribution in [0.3, 0.4) is 0 Å². The molecule has 2 rings (SSSR count). The van der Waals surface area contributed by atoms with E-state index in [1.54, 1.807) is 19.4 Å². The largest absolute Gasteiger partial charge is 0.416 e. The van der Waals surface area contributed by atoms with E-state index in [0.717, 1.165) is 29.8 Å². The third kappa shape index (κ3) is 5.31. The van der Waals surface area contributed by atoms with Crippen LogP contribution in [0.15, 0.2) is 48.8 Å². The standard InChI is InChI=1S/C20H22F3N3O2/c1-19(2,18(28)26(3)13-10-14-8-11-24-12-9-14)17(27)25-16-6-4-15(5-7-16)20(21,22)23/h4-9,11-12H,10,13H2,1-3H3,(H,25,27). The number of carbonyl (C=O) groups is 2. The highest BCUT2D eigenvalue weighted by Gasteiger charge is 2.38. The molecule has 2 aromatic rings. The van der Waals surface area contributed by atoms with Crippen LogP contribution in [0.5, 0.6) is 0 Å². The number of alkyl halides is 3. The molecule has 0 spiro atoms. The smallest absolute Gasteiger partial charge is 0.345 e. The lowest BCUT2D eigenvalue weighted by molar-refractivity contribution is -0.145. The lowest BCUT2D eigenvalue weighted by Crippen LogP contribution is -2.46. The molecule has 0 saturated heterocycles. The van der Waals surface area contributed by atoms with Crippen molar-refractivity contribution in [2.75, 3.05) is 18.9 Å². The van der Waals surface area contributed by atoms with E-state index >= 15 is 0 Å². The molecule has 0 aliphatic rings. The second-order valence-electron chi connectivity index (χ2n) is 6.99. The second kappa shape index (κ2) is 8.41. The fourth-order valence-electron chi connectivity index (χ4n) is 2.55. The molecule has 0 atom stereocenters. The van der Waals surface area contributed by atoms with E-state index in [4.69, 9.17) is 0 Å². The Hall–Kier alpha value is -2.90. The van der Waals surface area contributed by atoms with Gasteiger partial charge in [-0.3, -0.25) is 14.6 Å². The summed E-state index contributed by atoms with van der Waals surface area (Å²) in [5, 5.41) is 2.51. The molecule has 150 valence electrons. The van der Waals surface area contributed by atoms with Gasteiger partial charge < -0.3 is 10.2 Å². The summed E-state index contributed by atoms with van der Waals surface area (Å²) in [6.45, 7) is 3.38. The van der Waals surface area contributed by atoms with Gasteiger partial charge in [-0.2, -0.15) is 13.2 Å². The summed E-state index contributed by atoms with van der Waals surface area (Å²) in [5.41, 5.74) is -0.980. The first-order valence-corrected chi connectivity index (χ1v) is 8.65. The average Bonchev–Trinajstić information content (AvgIpc) is 2.66. The molecule has 0 unspecified atom stereocenters. The van der Waals surface area contributed by atoms with Gasteiger partial charge in [-0.25, -0.2) is 0 Å². The summed E-state index contributed by atoms with van der Waals surface area (Å²) < 4.78 is 37.9.